The Hall–Kier alpha value is -2.55. The van der Waals surface area contributed by atoms with E-state index in [0.717, 1.165) is 51.4 Å². The summed E-state index contributed by atoms with van der Waals surface area (Å²) >= 11 is 0. The molecule has 0 aliphatic heterocycles. The Bertz CT molecular complexity index is 1160. The molecular formula is C47H82NO8P. The molecule has 0 bridgehead atoms. The molecular weight excluding hydrogens is 737 g/mol. The van der Waals surface area contributed by atoms with Gasteiger partial charge in [-0.15, -0.1) is 0 Å². The predicted molar refractivity (Wildman–Crippen MR) is 238 cm³/mol. The molecule has 0 fully saturated rings. The topological polar surface area (TPSA) is 134 Å². The summed E-state index contributed by atoms with van der Waals surface area (Å²) in [5, 5.41) is 0. The lowest BCUT2D eigenvalue weighted by molar-refractivity contribution is -0.161. The van der Waals surface area contributed by atoms with Crippen LogP contribution in [0.25, 0.3) is 0 Å². The number of carbonyl (C=O) groups is 2. The maximum absolute atomic E-state index is 12.6. The van der Waals surface area contributed by atoms with Crippen molar-refractivity contribution in [3.63, 3.8) is 0 Å². The summed E-state index contributed by atoms with van der Waals surface area (Å²) in [7, 11) is -4.40. The van der Waals surface area contributed by atoms with E-state index in [9.17, 15) is 19.0 Å². The zero-order valence-corrected chi connectivity index (χ0v) is 36.9. The van der Waals surface area contributed by atoms with Gasteiger partial charge in [-0.2, -0.15) is 0 Å². The van der Waals surface area contributed by atoms with Gasteiger partial charge in [-0.05, 0) is 77.0 Å². The molecule has 57 heavy (non-hydrogen) atoms. The molecule has 0 rings (SSSR count). The normalized spacial score (nSPS) is 14.0. The summed E-state index contributed by atoms with van der Waals surface area (Å²) in [6.45, 7) is 3.60. The SMILES string of the molecule is CCCCC/C=C/C/C=C/C/C=C/C/C=C/C/C=C/CCC(=O)O[C@H](COC(=O)CCCCCCCCCCC/C=C/CCCCCC)COP(=O)(O)OCCN. The van der Waals surface area contributed by atoms with E-state index in [1.54, 1.807) is 0 Å². The van der Waals surface area contributed by atoms with Crippen LogP contribution in [0.15, 0.2) is 72.9 Å². The number of rotatable bonds is 41. The van der Waals surface area contributed by atoms with Crippen molar-refractivity contribution < 1.29 is 37.6 Å². The Labute approximate surface area is 348 Å². The van der Waals surface area contributed by atoms with Crippen molar-refractivity contribution in [3.05, 3.63) is 72.9 Å². The van der Waals surface area contributed by atoms with Gasteiger partial charge in [0, 0.05) is 19.4 Å². The molecule has 3 N–H and O–H groups in total. The first-order valence-corrected chi connectivity index (χ1v) is 23.9. The van der Waals surface area contributed by atoms with Crippen molar-refractivity contribution in [1.82, 2.24) is 0 Å². The van der Waals surface area contributed by atoms with Gasteiger partial charge in [0.2, 0.25) is 0 Å². The van der Waals surface area contributed by atoms with Crippen molar-refractivity contribution in [2.24, 2.45) is 5.73 Å². The third kappa shape index (κ3) is 42.9. The van der Waals surface area contributed by atoms with Crippen molar-refractivity contribution in [3.8, 4) is 0 Å². The molecule has 0 aromatic rings. The highest BCUT2D eigenvalue weighted by molar-refractivity contribution is 7.47. The van der Waals surface area contributed by atoms with E-state index < -0.39 is 32.5 Å². The standard InChI is InChI=1S/C47H82NO8P/c1-3-5-7-9-11-13-15-17-19-21-22-24-26-28-30-32-34-36-38-40-47(50)56-45(44-55-57(51,52)54-42-41-48)43-53-46(49)39-37-35-33-31-29-27-25-23-20-18-16-14-12-10-8-6-4-2/h11,13-14,16-17,19,22,24,28,30,34,36,45H,3-10,12,15,18,20-21,23,25-27,29,31-33,35,37-44,48H2,1-2H3,(H,51,52)/b13-11+,16-14+,19-17+,24-22+,30-28+,36-34+/t45-/m1/s1. The Morgan fingerprint density at radius 3 is 1.47 bits per heavy atom. The first kappa shape index (κ1) is 54.5. The molecule has 328 valence electrons. The molecule has 0 amide bonds. The molecule has 0 aromatic heterocycles. The molecule has 0 radical (unpaired) electrons. The lowest BCUT2D eigenvalue weighted by atomic mass is 10.1. The van der Waals surface area contributed by atoms with Crippen LogP contribution in [0.3, 0.4) is 0 Å². The number of hydrogen-bond donors (Lipinski definition) is 2. The Balaban J connectivity index is 4.27. The summed E-state index contributed by atoms with van der Waals surface area (Å²) < 4.78 is 32.7. The second kappa shape index (κ2) is 43.0. The zero-order chi connectivity index (χ0) is 41.8. The minimum Gasteiger partial charge on any atom is -0.462 e. The van der Waals surface area contributed by atoms with Crippen LogP contribution in [0.4, 0.5) is 0 Å². The summed E-state index contributed by atoms with van der Waals surface area (Å²) in [4.78, 5) is 34.9. The molecule has 0 aromatic carbocycles. The molecule has 10 heteroatoms. The number of allylic oxidation sites excluding steroid dienone is 12. The molecule has 0 heterocycles. The van der Waals surface area contributed by atoms with Crippen molar-refractivity contribution in [2.75, 3.05) is 26.4 Å². The van der Waals surface area contributed by atoms with Crippen LogP contribution in [-0.4, -0.2) is 49.3 Å². The maximum Gasteiger partial charge on any atom is 0.472 e. The third-order valence-electron chi connectivity index (χ3n) is 9.08. The number of carbonyl (C=O) groups excluding carboxylic acids is 2. The van der Waals surface area contributed by atoms with Crippen LogP contribution in [0.2, 0.25) is 0 Å². The largest absolute Gasteiger partial charge is 0.472 e. The lowest BCUT2D eigenvalue weighted by Crippen LogP contribution is -2.29. The molecule has 0 spiro atoms. The average molecular weight is 820 g/mol. The highest BCUT2D eigenvalue weighted by atomic mass is 31.2. The molecule has 9 nitrogen and oxygen atoms in total. The summed E-state index contributed by atoms with van der Waals surface area (Å²) in [6.07, 6.45) is 52.3. The van der Waals surface area contributed by atoms with Gasteiger partial charge in [-0.1, -0.05) is 164 Å². The number of ether oxygens (including phenoxy) is 2. The van der Waals surface area contributed by atoms with E-state index in [4.69, 9.17) is 24.3 Å². The van der Waals surface area contributed by atoms with Gasteiger partial charge in [0.15, 0.2) is 6.10 Å². The molecule has 0 aliphatic rings. The van der Waals surface area contributed by atoms with E-state index in [0.29, 0.717) is 6.42 Å². The van der Waals surface area contributed by atoms with Gasteiger partial charge < -0.3 is 20.1 Å². The van der Waals surface area contributed by atoms with Gasteiger partial charge in [0.05, 0.1) is 13.2 Å². The number of esters is 2. The fraction of sp³-hybridized carbons (Fsp3) is 0.702. The van der Waals surface area contributed by atoms with Crippen LogP contribution < -0.4 is 5.73 Å². The molecule has 2 atom stereocenters. The van der Waals surface area contributed by atoms with Gasteiger partial charge >= 0.3 is 19.8 Å². The number of phosphoric acid groups is 1. The zero-order valence-electron chi connectivity index (χ0n) is 36.0. The van der Waals surface area contributed by atoms with Crippen LogP contribution in [0, 0.1) is 0 Å². The Morgan fingerprint density at radius 1 is 0.526 bits per heavy atom. The van der Waals surface area contributed by atoms with Crippen LogP contribution >= 0.6 is 7.82 Å². The average Bonchev–Trinajstić information content (AvgIpc) is 3.20. The Morgan fingerprint density at radius 2 is 0.947 bits per heavy atom. The van der Waals surface area contributed by atoms with Gasteiger partial charge in [0.1, 0.15) is 6.61 Å². The van der Waals surface area contributed by atoms with E-state index in [1.807, 2.05) is 12.2 Å². The number of phosphoric ester groups is 1. The van der Waals surface area contributed by atoms with E-state index in [2.05, 4.69) is 74.6 Å². The van der Waals surface area contributed by atoms with E-state index in [-0.39, 0.29) is 32.6 Å². The second-order valence-electron chi connectivity index (χ2n) is 14.6. The second-order valence-corrected chi connectivity index (χ2v) is 16.0. The van der Waals surface area contributed by atoms with Crippen LogP contribution in [0.1, 0.15) is 181 Å². The third-order valence-corrected chi connectivity index (χ3v) is 10.1. The highest BCUT2D eigenvalue weighted by Crippen LogP contribution is 2.43. The van der Waals surface area contributed by atoms with Crippen LogP contribution in [-0.2, 0) is 32.7 Å². The van der Waals surface area contributed by atoms with Gasteiger partial charge in [-0.3, -0.25) is 18.6 Å². The van der Waals surface area contributed by atoms with E-state index >= 15 is 0 Å². The minimum atomic E-state index is -4.40. The van der Waals surface area contributed by atoms with Crippen molar-refractivity contribution in [1.29, 1.82) is 0 Å². The molecule has 0 saturated heterocycles. The number of nitrogens with two attached hydrogens (primary N) is 1. The fourth-order valence-electron chi connectivity index (χ4n) is 5.73. The predicted octanol–water partition coefficient (Wildman–Crippen LogP) is 13.1. The minimum absolute atomic E-state index is 0.0390. The smallest absolute Gasteiger partial charge is 0.462 e. The van der Waals surface area contributed by atoms with Gasteiger partial charge in [-0.25, -0.2) is 4.57 Å². The summed E-state index contributed by atoms with van der Waals surface area (Å²) in [5.74, 6) is -0.930. The molecule has 1 unspecified atom stereocenters. The van der Waals surface area contributed by atoms with Crippen molar-refractivity contribution in [2.45, 2.75) is 187 Å². The highest BCUT2D eigenvalue weighted by Gasteiger charge is 2.25. The quantitative estimate of drug-likeness (QED) is 0.0267. The van der Waals surface area contributed by atoms with Crippen LogP contribution in [0.5, 0.6) is 0 Å². The molecule has 0 saturated carbocycles. The van der Waals surface area contributed by atoms with E-state index in [1.165, 1.54) is 96.3 Å². The maximum atomic E-state index is 12.6. The first-order chi connectivity index (χ1) is 27.8. The summed E-state index contributed by atoms with van der Waals surface area (Å²) in [6, 6.07) is 0. The monoisotopic (exact) mass is 820 g/mol. The number of unbranched alkanes of at least 4 members (excludes halogenated alkanes) is 16. The molecule has 0 aliphatic carbocycles. The fourth-order valence-corrected chi connectivity index (χ4v) is 6.49. The van der Waals surface area contributed by atoms with Gasteiger partial charge in [0.25, 0.3) is 0 Å². The first-order valence-electron chi connectivity index (χ1n) is 22.4. The lowest BCUT2D eigenvalue weighted by Gasteiger charge is -2.19. The Kier molecular flexibility index (Phi) is 41.1. The summed E-state index contributed by atoms with van der Waals surface area (Å²) in [5.41, 5.74) is 5.34. The number of hydrogen-bond acceptors (Lipinski definition) is 8. The van der Waals surface area contributed by atoms with Crippen molar-refractivity contribution >= 4 is 19.8 Å².